The van der Waals surface area contributed by atoms with E-state index in [2.05, 4.69) is 61.1 Å². The Labute approximate surface area is 93.8 Å². The Hall–Kier alpha value is -1.41. The smallest absolute Gasteiger partial charge is 0.201 e. The number of rotatable bonds is 1. The van der Waals surface area contributed by atoms with Crippen LogP contribution in [0.15, 0.2) is 42.6 Å². The van der Waals surface area contributed by atoms with Gasteiger partial charge in [0.1, 0.15) is 7.05 Å². The molecule has 0 aliphatic heterocycles. The molecule has 0 aliphatic rings. The molecule has 2 aromatic rings. The summed E-state index contributed by atoms with van der Waals surface area (Å²) in [5.41, 5.74) is 3.97. The van der Waals surface area contributed by atoms with Crippen LogP contribution in [0.1, 0.15) is 5.56 Å². The molecule has 0 spiro atoms. The highest BCUT2D eigenvalue weighted by molar-refractivity contribution is 6.32. The van der Waals surface area contributed by atoms with Gasteiger partial charge in [-0.25, -0.2) is 4.57 Å². The molecule has 1 aromatic carbocycles. The highest BCUT2D eigenvalue weighted by Crippen LogP contribution is 2.18. The van der Waals surface area contributed by atoms with Gasteiger partial charge >= 0.3 is 0 Å². The van der Waals surface area contributed by atoms with Crippen LogP contribution in [0.3, 0.4) is 0 Å². The van der Waals surface area contributed by atoms with Crippen molar-refractivity contribution < 1.29 is 4.57 Å². The second kappa shape index (κ2) is 3.99. The number of benzene rings is 1. The molecule has 0 saturated carbocycles. The fourth-order valence-electron chi connectivity index (χ4n) is 1.80. The number of nitrogens with zero attached hydrogens (tertiary/aromatic N) is 1. The predicted octanol–water partition coefficient (Wildman–Crippen LogP) is 0.477. The maximum absolute atomic E-state index is 2.29. The fraction of sp³-hybridized carbons (Fsp3) is 0.154. The van der Waals surface area contributed by atoms with E-state index in [1.54, 1.807) is 0 Å². The van der Waals surface area contributed by atoms with E-state index in [1.807, 2.05) is 0 Å². The molecular formula is C13H16NSi+. The second-order valence-electron chi connectivity index (χ2n) is 4.02. The van der Waals surface area contributed by atoms with Crippen molar-refractivity contribution in [2.75, 3.05) is 0 Å². The molecule has 2 rings (SSSR count). The van der Waals surface area contributed by atoms with E-state index in [-0.39, 0.29) is 0 Å². The SMILES string of the molecule is Cc1ccccc1-c1cc([SiH3])cc[n+]1C. The molecule has 0 radical (unpaired) electrons. The largest absolute Gasteiger partial charge is 0.212 e. The lowest BCUT2D eigenvalue weighted by atomic mass is 10.1. The van der Waals surface area contributed by atoms with Gasteiger partial charge in [-0.3, -0.25) is 0 Å². The van der Waals surface area contributed by atoms with Crippen LogP contribution in [0.5, 0.6) is 0 Å². The maximum Gasteiger partial charge on any atom is 0.212 e. The molecule has 0 unspecified atom stereocenters. The zero-order valence-corrected chi connectivity index (χ0v) is 11.5. The normalized spacial score (nSPS) is 10.5. The lowest BCUT2D eigenvalue weighted by Crippen LogP contribution is -2.32. The zero-order chi connectivity index (χ0) is 10.8. The molecule has 1 aromatic heterocycles. The minimum Gasteiger partial charge on any atom is -0.201 e. The van der Waals surface area contributed by atoms with Gasteiger partial charge in [-0.1, -0.05) is 23.4 Å². The molecule has 0 bridgehead atoms. The van der Waals surface area contributed by atoms with E-state index < -0.39 is 0 Å². The number of hydrogen-bond donors (Lipinski definition) is 0. The topological polar surface area (TPSA) is 3.88 Å². The summed E-state index contributed by atoms with van der Waals surface area (Å²) in [7, 11) is 3.21. The third kappa shape index (κ3) is 2.00. The summed E-state index contributed by atoms with van der Waals surface area (Å²) >= 11 is 0. The molecular weight excluding hydrogens is 198 g/mol. The molecule has 0 fully saturated rings. The van der Waals surface area contributed by atoms with Gasteiger partial charge in [-0.05, 0) is 18.6 Å². The van der Waals surface area contributed by atoms with Crippen molar-refractivity contribution in [1.29, 1.82) is 0 Å². The Morgan fingerprint density at radius 2 is 1.87 bits per heavy atom. The Morgan fingerprint density at radius 3 is 2.60 bits per heavy atom. The van der Waals surface area contributed by atoms with E-state index in [9.17, 15) is 0 Å². The fourth-order valence-corrected chi connectivity index (χ4v) is 2.23. The molecule has 0 aliphatic carbocycles. The Bertz CT molecular complexity index is 492. The van der Waals surface area contributed by atoms with Gasteiger partial charge < -0.3 is 0 Å². The van der Waals surface area contributed by atoms with Gasteiger partial charge in [0.15, 0.2) is 6.20 Å². The summed E-state index contributed by atoms with van der Waals surface area (Å²) < 4.78 is 2.18. The molecule has 1 heterocycles. The monoisotopic (exact) mass is 214 g/mol. The van der Waals surface area contributed by atoms with E-state index in [0.29, 0.717) is 0 Å². The number of aromatic nitrogens is 1. The number of pyridine rings is 1. The van der Waals surface area contributed by atoms with Crippen LogP contribution in [0.25, 0.3) is 11.3 Å². The van der Waals surface area contributed by atoms with Gasteiger partial charge in [-0.15, -0.1) is 0 Å². The van der Waals surface area contributed by atoms with Crippen molar-refractivity contribution in [1.82, 2.24) is 0 Å². The number of hydrogen-bond acceptors (Lipinski definition) is 0. The first-order valence-corrected chi connectivity index (χ1v) is 6.21. The van der Waals surface area contributed by atoms with E-state index in [0.717, 1.165) is 10.2 Å². The first-order valence-electron chi connectivity index (χ1n) is 5.21. The molecule has 76 valence electrons. The van der Waals surface area contributed by atoms with E-state index >= 15 is 0 Å². The quantitative estimate of drug-likeness (QED) is 0.480. The molecule has 0 amide bonds. The first kappa shape index (κ1) is 10.1. The van der Waals surface area contributed by atoms with Crippen LogP contribution < -0.4 is 9.75 Å². The van der Waals surface area contributed by atoms with Crippen molar-refractivity contribution >= 4 is 15.4 Å². The third-order valence-corrected chi connectivity index (χ3v) is 3.35. The first-order chi connectivity index (χ1) is 7.18. The lowest BCUT2D eigenvalue weighted by molar-refractivity contribution is -0.660. The summed E-state index contributed by atoms with van der Waals surface area (Å²) in [6.45, 7) is 2.16. The second-order valence-corrected chi connectivity index (χ2v) is 5.17. The van der Waals surface area contributed by atoms with Crippen LogP contribution in [-0.2, 0) is 7.05 Å². The van der Waals surface area contributed by atoms with Crippen LogP contribution >= 0.6 is 0 Å². The van der Waals surface area contributed by atoms with Gasteiger partial charge in [0.05, 0.1) is 0 Å². The summed E-state index contributed by atoms with van der Waals surface area (Å²) in [5, 5.41) is 1.44. The minimum atomic E-state index is 1.11. The molecule has 0 atom stereocenters. The van der Waals surface area contributed by atoms with E-state index in [4.69, 9.17) is 0 Å². The third-order valence-electron chi connectivity index (χ3n) is 2.73. The molecule has 2 heteroatoms. The van der Waals surface area contributed by atoms with Crippen LogP contribution in [0.4, 0.5) is 0 Å². The van der Waals surface area contributed by atoms with Gasteiger partial charge in [0, 0.05) is 27.9 Å². The van der Waals surface area contributed by atoms with Crippen LogP contribution in [0, 0.1) is 6.92 Å². The summed E-state index contributed by atoms with van der Waals surface area (Å²) in [6, 6.07) is 13.0. The van der Waals surface area contributed by atoms with Gasteiger partial charge in [0.2, 0.25) is 5.69 Å². The molecule has 0 N–H and O–H groups in total. The Kier molecular flexibility index (Phi) is 2.69. The summed E-state index contributed by atoms with van der Waals surface area (Å²) in [4.78, 5) is 0. The zero-order valence-electron chi connectivity index (χ0n) is 9.49. The highest BCUT2D eigenvalue weighted by Gasteiger charge is 2.10. The standard InChI is InChI=1S/C13H16NSi/c1-10-5-3-4-6-12(10)13-9-11(15)7-8-14(13)2/h3-9H,1-2,15H3/q+1. The number of aryl methyl sites for hydroxylation is 2. The lowest BCUT2D eigenvalue weighted by Gasteiger charge is -2.04. The summed E-state index contributed by atoms with van der Waals surface area (Å²) in [5.74, 6) is 0. The molecule has 0 saturated heterocycles. The van der Waals surface area contributed by atoms with Crippen LogP contribution in [0.2, 0.25) is 0 Å². The minimum absolute atomic E-state index is 1.11. The highest BCUT2D eigenvalue weighted by atomic mass is 28.1. The van der Waals surface area contributed by atoms with Crippen molar-refractivity contribution in [2.24, 2.45) is 7.05 Å². The maximum atomic E-state index is 2.29. The van der Waals surface area contributed by atoms with Crippen molar-refractivity contribution in [3.63, 3.8) is 0 Å². The Balaban J connectivity index is 2.64. The van der Waals surface area contributed by atoms with Crippen molar-refractivity contribution in [2.45, 2.75) is 6.92 Å². The van der Waals surface area contributed by atoms with E-state index in [1.165, 1.54) is 22.0 Å². The molecule has 15 heavy (non-hydrogen) atoms. The van der Waals surface area contributed by atoms with Gasteiger partial charge in [0.25, 0.3) is 0 Å². The Morgan fingerprint density at radius 1 is 1.13 bits per heavy atom. The van der Waals surface area contributed by atoms with Gasteiger partial charge in [-0.2, -0.15) is 0 Å². The van der Waals surface area contributed by atoms with Crippen molar-refractivity contribution in [3.8, 4) is 11.3 Å². The van der Waals surface area contributed by atoms with Crippen LogP contribution in [-0.4, -0.2) is 10.2 Å². The average Bonchev–Trinajstić information content (AvgIpc) is 2.23. The average molecular weight is 214 g/mol. The molecule has 1 nitrogen and oxygen atoms in total. The summed E-state index contributed by atoms with van der Waals surface area (Å²) in [6.07, 6.45) is 2.14. The predicted molar refractivity (Wildman–Crippen MR) is 67.4 cm³/mol. The van der Waals surface area contributed by atoms with Crippen molar-refractivity contribution in [3.05, 3.63) is 48.2 Å².